The first kappa shape index (κ1) is 10.5. The first-order chi connectivity index (χ1) is 6.15. The molecule has 1 unspecified atom stereocenters. The van der Waals surface area contributed by atoms with Gasteiger partial charge in [0.15, 0.2) is 0 Å². The Balaban J connectivity index is 2.36. The molecule has 0 heterocycles. The van der Waals surface area contributed by atoms with E-state index in [4.69, 9.17) is 11.5 Å². The number of rotatable bonds is 3. The number of hydrogen-bond donors (Lipinski definition) is 2. The molecule has 0 radical (unpaired) electrons. The summed E-state index contributed by atoms with van der Waals surface area (Å²) < 4.78 is 0. The number of nitrogens with two attached hydrogens (primary N) is 2. The Morgan fingerprint density at radius 3 is 2.31 bits per heavy atom. The van der Waals surface area contributed by atoms with Crippen LogP contribution in [0.5, 0.6) is 0 Å². The highest BCUT2D eigenvalue weighted by atomic mass is 16.1. The van der Waals surface area contributed by atoms with Crippen molar-refractivity contribution in [2.45, 2.75) is 45.1 Å². The van der Waals surface area contributed by atoms with Crippen molar-refractivity contribution in [1.82, 2.24) is 0 Å². The Morgan fingerprint density at radius 1 is 1.38 bits per heavy atom. The third-order valence-corrected chi connectivity index (χ3v) is 3.31. The molecule has 0 bridgehead atoms. The highest BCUT2D eigenvalue weighted by Crippen LogP contribution is 2.31. The fourth-order valence-corrected chi connectivity index (χ4v) is 2.19. The van der Waals surface area contributed by atoms with Crippen LogP contribution in [0.4, 0.5) is 0 Å². The molecule has 1 amide bonds. The normalized spacial score (nSPS) is 31.2. The first-order valence-electron chi connectivity index (χ1n) is 5.20. The van der Waals surface area contributed by atoms with Gasteiger partial charge in [0.2, 0.25) is 5.91 Å². The van der Waals surface area contributed by atoms with Gasteiger partial charge < -0.3 is 11.5 Å². The smallest absolute Gasteiger partial charge is 0.234 e. The van der Waals surface area contributed by atoms with Gasteiger partial charge in [0.25, 0.3) is 0 Å². The molecular formula is C10H20N2O. The second-order valence-corrected chi connectivity index (χ2v) is 4.12. The standard InChI is InChI=1S/C10H20N2O/c1-2-7-3-5-8(6-4-7)9(11)10(12)13/h7-9H,2-6,11H2,1H3,(H2,12,13). The maximum Gasteiger partial charge on any atom is 0.234 e. The van der Waals surface area contributed by atoms with Crippen LogP contribution in [0.2, 0.25) is 0 Å². The van der Waals surface area contributed by atoms with Gasteiger partial charge in [-0.25, -0.2) is 0 Å². The van der Waals surface area contributed by atoms with Crippen LogP contribution >= 0.6 is 0 Å². The number of hydrogen-bond acceptors (Lipinski definition) is 2. The van der Waals surface area contributed by atoms with E-state index in [1.165, 1.54) is 19.3 Å². The third-order valence-electron chi connectivity index (χ3n) is 3.31. The molecule has 0 saturated heterocycles. The number of amides is 1. The highest BCUT2D eigenvalue weighted by molar-refractivity contribution is 5.79. The minimum atomic E-state index is -0.419. The summed E-state index contributed by atoms with van der Waals surface area (Å²) in [6, 6.07) is -0.419. The summed E-state index contributed by atoms with van der Waals surface area (Å²) in [6.07, 6.45) is 5.81. The van der Waals surface area contributed by atoms with E-state index >= 15 is 0 Å². The molecule has 3 heteroatoms. The average Bonchev–Trinajstić information content (AvgIpc) is 2.17. The lowest BCUT2D eigenvalue weighted by Crippen LogP contribution is -2.43. The molecule has 1 saturated carbocycles. The fraction of sp³-hybridized carbons (Fsp3) is 0.900. The van der Waals surface area contributed by atoms with E-state index in [0.717, 1.165) is 18.8 Å². The molecule has 0 aromatic heterocycles. The number of carbonyl (C=O) groups is 1. The first-order valence-corrected chi connectivity index (χ1v) is 5.20. The molecule has 0 aromatic rings. The van der Waals surface area contributed by atoms with Gasteiger partial charge in [0.05, 0.1) is 6.04 Å². The van der Waals surface area contributed by atoms with Crippen LogP contribution in [0.3, 0.4) is 0 Å². The monoisotopic (exact) mass is 184 g/mol. The van der Waals surface area contributed by atoms with Crippen LogP contribution in [0.25, 0.3) is 0 Å². The van der Waals surface area contributed by atoms with E-state index in [2.05, 4.69) is 6.92 Å². The molecule has 1 aliphatic rings. The lowest BCUT2D eigenvalue weighted by atomic mass is 9.78. The van der Waals surface area contributed by atoms with Gasteiger partial charge in [0.1, 0.15) is 0 Å². The van der Waals surface area contributed by atoms with Gasteiger partial charge >= 0.3 is 0 Å². The predicted octanol–water partition coefficient (Wildman–Crippen LogP) is 1.02. The third kappa shape index (κ3) is 2.69. The molecular weight excluding hydrogens is 164 g/mol. The van der Waals surface area contributed by atoms with Gasteiger partial charge in [-0.15, -0.1) is 0 Å². The van der Waals surface area contributed by atoms with E-state index in [1.54, 1.807) is 0 Å². The van der Waals surface area contributed by atoms with Crippen molar-refractivity contribution in [3.05, 3.63) is 0 Å². The van der Waals surface area contributed by atoms with Crippen LogP contribution in [0.15, 0.2) is 0 Å². The van der Waals surface area contributed by atoms with E-state index in [1.807, 2.05) is 0 Å². The zero-order chi connectivity index (χ0) is 9.84. The zero-order valence-electron chi connectivity index (χ0n) is 8.33. The summed E-state index contributed by atoms with van der Waals surface area (Å²) in [5.41, 5.74) is 10.9. The number of primary amides is 1. The molecule has 1 atom stereocenters. The summed E-state index contributed by atoms with van der Waals surface area (Å²) in [5, 5.41) is 0. The Labute approximate surface area is 79.9 Å². The Morgan fingerprint density at radius 2 is 1.92 bits per heavy atom. The summed E-state index contributed by atoms with van der Waals surface area (Å²) in [5.74, 6) is 0.830. The maximum atomic E-state index is 10.8. The summed E-state index contributed by atoms with van der Waals surface area (Å²) >= 11 is 0. The topological polar surface area (TPSA) is 69.1 Å². The van der Waals surface area contributed by atoms with Crippen LogP contribution in [-0.2, 0) is 4.79 Å². The lowest BCUT2D eigenvalue weighted by Gasteiger charge is -2.30. The molecule has 0 aromatic carbocycles. The van der Waals surface area contributed by atoms with Crippen LogP contribution in [0, 0.1) is 11.8 Å². The van der Waals surface area contributed by atoms with E-state index in [0.29, 0.717) is 5.92 Å². The SMILES string of the molecule is CCC1CCC(C(N)C(N)=O)CC1. The lowest BCUT2D eigenvalue weighted by molar-refractivity contribution is -0.120. The van der Waals surface area contributed by atoms with Crippen LogP contribution < -0.4 is 11.5 Å². The van der Waals surface area contributed by atoms with Crippen molar-refractivity contribution < 1.29 is 4.79 Å². The van der Waals surface area contributed by atoms with Crippen molar-refractivity contribution in [3.63, 3.8) is 0 Å². The highest BCUT2D eigenvalue weighted by Gasteiger charge is 2.27. The van der Waals surface area contributed by atoms with E-state index in [9.17, 15) is 4.79 Å². The van der Waals surface area contributed by atoms with Crippen molar-refractivity contribution in [1.29, 1.82) is 0 Å². The maximum absolute atomic E-state index is 10.8. The van der Waals surface area contributed by atoms with E-state index < -0.39 is 6.04 Å². The van der Waals surface area contributed by atoms with Crippen LogP contribution in [-0.4, -0.2) is 11.9 Å². The Bertz CT molecular complexity index is 174. The van der Waals surface area contributed by atoms with E-state index in [-0.39, 0.29) is 5.91 Å². The minimum absolute atomic E-state index is 0.334. The van der Waals surface area contributed by atoms with Crippen molar-refractivity contribution in [3.8, 4) is 0 Å². The Hall–Kier alpha value is -0.570. The molecule has 76 valence electrons. The molecule has 0 aliphatic heterocycles. The van der Waals surface area contributed by atoms with Gasteiger partial charge in [-0.1, -0.05) is 26.2 Å². The van der Waals surface area contributed by atoms with Gasteiger partial charge in [-0.3, -0.25) is 4.79 Å². The molecule has 1 aliphatic carbocycles. The summed E-state index contributed by atoms with van der Waals surface area (Å²) in [7, 11) is 0. The zero-order valence-corrected chi connectivity index (χ0v) is 8.33. The minimum Gasteiger partial charge on any atom is -0.368 e. The summed E-state index contributed by atoms with van der Waals surface area (Å²) in [6.45, 7) is 2.22. The second-order valence-electron chi connectivity index (χ2n) is 4.12. The van der Waals surface area contributed by atoms with Crippen LogP contribution in [0.1, 0.15) is 39.0 Å². The summed E-state index contributed by atoms with van der Waals surface area (Å²) in [4.78, 5) is 10.8. The van der Waals surface area contributed by atoms with Gasteiger partial charge in [0, 0.05) is 0 Å². The van der Waals surface area contributed by atoms with Gasteiger partial charge in [-0.05, 0) is 24.7 Å². The molecule has 1 rings (SSSR count). The average molecular weight is 184 g/mol. The number of carbonyl (C=O) groups excluding carboxylic acids is 1. The molecule has 1 fully saturated rings. The van der Waals surface area contributed by atoms with Crippen molar-refractivity contribution in [2.75, 3.05) is 0 Å². The fourth-order valence-electron chi connectivity index (χ4n) is 2.19. The molecule has 3 nitrogen and oxygen atoms in total. The predicted molar refractivity (Wildman–Crippen MR) is 52.9 cm³/mol. The molecule has 4 N–H and O–H groups in total. The largest absolute Gasteiger partial charge is 0.368 e. The quantitative estimate of drug-likeness (QED) is 0.687. The van der Waals surface area contributed by atoms with Crippen molar-refractivity contribution >= 4 is 5.91 Å². The Kier molecular flexibility index (Phi) is 3.72. The molecule has 0 spiro atoms. The van der Waals surface area contributed by atoms with Crippen molar-refractivity contribution in [2.24, 2.45) is 23.3 Å². The second kappa shape index (κ2) is 4.61. The van der Waals surface area contributed by atoms with Gasteiger partial charge in [-0.2, -0.15) is 0 Å². The molecule has 13 heavy (non-hydrogen) atoms.